The van der Waals surface area contributed by atoms with Gasteiger partial charge in [0.2, 0.25) is 0 Å². The highest BCUT2D eigenvalue weighted by Crippen LogP contribution is 2.22. The van der Waals surface area contributed by atoms with Gasteiger partial charge in [0, 0.05) is 12.1 Å². The highest BCUT2D eigenvalue weighted by molar-refractivity contribution is 5.39. The van der Waals surface area contributed by atoms with Crippen LogP contribution >= 0.6 is 0 Å². The zero-order valence-electron chi connectivity index (χ0n) is 11.0. The Hall–Kier alpha value is -1.22. The molecule has 0 atom stereocenters. The topological polar surface area (TPSA) is 41.5 Å². The second-order valence-corrected chi connectivity index (χ2v) is 4.71. The Morgan fingerprint density at radius 3 is 2.76 bits per heavy atom. The fourth-order valence-corrected chi connectivity index (χ4v) is 1.69. The lowest BCUT2D eigenvalue weighted by Crippen LogP contribution is -2.15. The van der Waals surface area contributed by atoms with Gasteiger partial charge in [-0.2, -0.15) is 0 Å². The first-order chi connectivity index (χ1) is 8.13. The Morgan fingerprint density at radius 2 is 2.12 bits per heavy atom. The van der Waals surface area contributed by atoms with E-state index >= 15 is 0 Å². The monoisotopic (exact) mass is 237 g/mol. The summed E-state index contributed by atoms with van der Waals surface area (Å²) in [6.45, 7) is 6.12. The van der Waals surface area contributed by atoms with Crippen molar-refractivity contribution in [1.82, 2.24) is 5.32 Å². The molecule has 0 aliphatic carbocycles. The number of hydrogen-bond acceptors (Lipinski definition) is 3. The number of phenols is 1. The summed E-state index contributed by atoms with van der Waals surface area (Å²) < 4.78 is 5.13. The minimum atomic E-state index is 0.321. The highest BCUT2D eigenvalue weighted by atomic mass is 16.5. The van der Waals surface area contributed by atoms with Gasteiger partial charge in [-0.3, -0.25) is 0 Å². The summed E-state index contributed by atoms with van der Waals surface area (Å²) in [5.74, 6) is 1.85. The summed E-state index contributed by atoms with van der Waals surface area (Å²) >= 11 is 0. The molecule has 0 amide bonds. The molecule has 0 bridgehead atoms. The van der Waals surface area contributed by atoms with Gasteiger partial charge in [0.15, 0.2) is 0 Å². The Kier molecular flexibility index (Phi) is 5.84. The molecule has 1 aromatic rings. The van der Waals surface area contributed by atoms with Crippen LogP contribution in [0.3, 0.4) is 0 Å². The molecule has 0 heterocycles. The number of rotatable bonds is 7. The number of aromatic hydroxyl groups is 1. The van der Waals surface area contributed by atoms with E-state index in [0.717, 1.165) is 23.8 Å². The molecule has 1 rings (SSSR count). The van der Waals surface area contributed by atoms with Crippen molar-refractivity contribution >= 4 is 0 Å². The summed E-state index contributed by atoms with van der Waals surface area (Å²) in [5.41, 5.74) is 0.883. The van der Waals surface area contributed by atoms with E-state index in [1.54, 1.807) is 19.2 Å². The van der Waals surface area contributed by atoms with Gasteiger partial charge in [-0.1, -0.05) is 13.8 Å². The molecule has 0 spiro atoms. The molecule has 0 aromatic heterocycles. The fourth-order valence-electron chi connectivity index (χ4n) is 1.69. The smallest absolute Gasteiger partial charge is 0.120 e. The van der Waals surface area contributed by atoms with Crippen LogP contribution in [-0.4, -0.2) is 18.8 Å². The predicted octanol–water partition coefficient (Wildman–Crippen LogP) is 2.93. The van der Waals surface area contributed by atoms with Gasteiger partial charge in [-0.15, -0.1) is 0 Å². The number of ether oxygens (including phenoxy) is 1. The lowest BCUT2D eigenvalue weighted by atomic mass is 10.1. The lowest BCUT2D eigenvalue weighted by Gasteiger charge is -2.09. The van der Waals surface area contributed by atoms with E-state index in [9.17, 15) is 5.11 Å². The SMILES string of the molecule is COc1ccc(O)c(CNCCCC(C)C)c1. The second kappa shape index (κ2) is 7.17. The molecule has 17 heavy (non-hydrogen) atoms. The zero-order chi connectivity index (χ0) is 12.7. The van der Waals surface area contributed by atoms with Crippen LogP contribution in [0.5, 0.6) is 11.5 Å². The maximum Gasteiger partial charge on any atom is 0.120 e. The molecular formula is C14H23NO2. The van der Waals surface area contributed by atoms with Crippen molar-refractivity contribution < 1.29 is 9.84 Å². The van der Waals surface area contributed by atoms with Crippen molar-refractivity contribution in [1.29, 1.82) is 0 Å². The fraction of sp³-hybridized carbons (Fsp3) is 0.571. The molecular weight excluding hydrogens is 214 g/mol. The van der Waals surface area contributed by atoms with Crippen LogP contribution in [0.1, 0.15) is 32.3 Å². The Morgan fingerprint density at radius 1 is 1.35 bits per heavy atom. The van der Waals surface area contributed by atoms with Crippen LogP contribution < -0.4 is 10.1 Å². The first kappa shape index (κ1) is 13.8. The first-order valence-corrected chi connectivity index (χ1v) is 6.20. The second-order valence-electron chi connectivity index (χ2n) is 4.71. The van der Waals surface area contributed by atoms with Crippen LogP contribution in [0.25, 0.3) is 0 Å². The van der Waals surface area contributed by atoms with Gasteiger partial charge in [-0.25, -0.2) is 0 Å². The number of nitrogens with one attached hydrogen (secondary N) is 1. The van der Waals surface area contributed by atoms with Crippen molar-refractivity contribution in [2.24, 2.45) is 5.92 Å². The van der Waals surface area contributed by atoms with E-state index < -0.39 is 0 Å². The number of hydrogen-bond donors (Lipinski definition) is 2. The average Bonchev–Trinajstić information content (AvgIpc) is 2.30. The predicted molar refractivity (Wildman–Crippen MR) is 70.4 cm³/mol. The minimum absolute atomic E-state index is 0.321. The van der Waals surface area contributed by atoms with Crippen LogP contribution in [0.2, 0.25) is 0 Å². The third kappa shape index (κ3) is 5.09. The molecule has 0 saturated heterocycles. The lowest BCUT2D eigenvalue weighted by molar-refractivity contribution is 0.410. The van der Waals surface area contributed by atoms with Crippen molar-refractivity contribution in [2.45, 2.75) is 33.2 Å². The maximum absolute atomic E-state index is 9.68. The Balaban J connectivity index is 2.35. The molecule has 1 aromatic carbocycles. The normalized spacial score (nSPS) is 10.8. The molecule has 0 aliphatic rings. The molecule has 0 radical (unpaired) electrons. The standard InChI is InChI=1S/C14H23NO2/c1-11(2)5-4-8-15-10-12-9-13(17-3)6-7-14(12)16/h6-7,9,11,15-16H,4-5,8,10H2,1-3H3. The summed E-state index contributed by atoms with van der Waals surface area (Å²) in [6, 6.07) is 5.30. The maximum atomic E-state index is 9.68. The largest absolute Gasteiger partial charge is 0.508 e. The van der Waals surface area contributed by atoms with Gasteiger partial charge in [-0.05, 0) is 43.5 Å². The first-order valence-electron chi connectivity index (χ1n) is 6.20. The third-order valence-electron chi connectivity index (χ3n) is 2.74. The van der Waals surface area contributed by atoms with E-state index in [-0.39, 0.29) is 0 Å². The minimum Gasteiger partial charge on any atom is -0.508 e. The van der Waals surface area contributed by atoms with Gasteiger partial charge in [0.05, 0.1) is 7.11 Å². The summed E-state index contributed by atoms with van der Waals surface area (Å²) in [4.78, 5) is 0. The van der Waals surface area contributed by atoms with Crippen molar-refractivity contribution in [3.63, 3.8) is 0 Å². The van der Waals surface area contributed by atoms with Crippen molar-refractivity contribution in [3.8, 4) is 11.5 Å². The summed E-state index contributed by atoms with van der Waals surface area (Å²) in [6.07, 6.45) is 2.40. The Labute approximate surface area is 104 Å². The number of benzene rings is 1. The van der Waals surface area contributed by atoms with Crippen LogP contribution in [0.4, 0.5) is 0 Å². The molecule has 0 aliphatic heterocycles. The van der Waals surface area contributed by atoms with E-state index in [0.29, 0.717) is 12.3 Å². The molecule has 0 saturated carbocycles. The average molecular weight is 237 g/mol. The van der Waals surface area contributed by atoms with E-state index in [1.165, 1.54) is 12.8 Å². The molecule has 96 valence electrons. The van der Waals surface area contributed by atoms with E-state index in [4.69, 9.17) is 4.74 Å². The van der Waals surface area contributed by atoms with Gasteiger partial charge in [0.1, 0.15) is 11.5 Å². The molecule has 0 unspecified atom stereocenters. The summed E-state index contributed by atoms with van der Waals surface area (Å²) in [5, 5.41) is 13.0. The van der Waals surface area contributed by atoms with Crippen molar-refractivity contribution in [3.05, 3.63) is 23.8 Å². The van der Waals surface area contributed by atoms with Gasteiger partial charge < -0.3 is 15.2 Å². The molecule has 2 N–H and O–H groups in total. The van der Waals surface area contributed by atoms with Crippen LogP contribution in [0.15, 0.2) is 18.2 Å². The van der Waals surface area contributed by atoms with E-state index in [2.05, 4.69) is 19.2 Å². The number of methoxy groups -OCH3 is 1. The van der Waals surface area contributed by atoms with Crippen molar-refractivity contribution in [2.75, 3.05) is 13.7 Å². The van der Waals surface area contributed by atoms with E-state index in [1.807, 2.05) is 6.07 Å². The quantitative estimate of drug-likeness (QED) is 0.716. The Bertz CT molecular complexity index is 337. The highest BCUT2D eigenvalue weighted by Gasteiger charge is 2.02. The number of phenolic OH excluding ortho intramolecular Hbond substituents is 1. The van der Waals surface area contributed by atoms with Gasteiger partial charge >= 0.3 is 0 Å². The van der Waals surface area contributed by atoms with Gasteiger partial charge in [0.25, 0.3) is 0 Å². The molecule has 3 heteroatoms. The molecule has 0 fully saturated rings. The van der Waals surface area contributed by atoms with Crippen LogP contribution in [-0.2, 0) is 6.54 Å². The van der Waals surface area contributed by atoms with Crippen LogP contribution in [0, 0.1) is 5.92 Å². The zero-order valence-corrected chi connectivity index (χ0v) is 11.0. The molecule has 3 nitrogen and oxygen atoms in total. The summed E-state index contributed by atoms with van der Waals surface area (Å²) in [7, 11) is 1.63. The third-order valence-corrected chi connectivity index (χ3v) is 2.74.